The number of rotatable bonds is 7. The first-order chi connectivity index (χ1) is 8.43. The summed E-state index contributed by atoms with van der Waals surface area (Å²) in [6, 6.07) is 8.87. The molecule has 0 aliphatic heterocycles. The molecule has 1 aromatic carbocycles. The summed E-state index contributed by atoms with van der Waals surface area (Å²) >= 11 is 0. The van der Waals surface area contributed by atoms with Crippen LogP contribution >= 0.6 is 0 Å². The van der Waals surface area contributed by atoms with Crippen LogP contribution in [0.5, 0.6) is 5.75 Å². The van der Waals surface area contributed by atoms with E-state index in [9.17, 15) is 13.5 Å². The number of benzene rings is 1. The first-order valence-electron chi connectivity index (χ1n) is 5.52. The van der Waals surface area contributed by atoms with Gasteiger partial charge in [0.1, 0.15) is 18.5 Å². The van der Waals surface area contributed by atoms with Gasteiger partial charge in [0.05, 0.1) is 0 Å². The van der Waals surface area contributed by atoms with Crippen LogP contribution in [0.1, 0.15) is 6.92 Å². The predicted octanol–water partition coefficient (Wildman–Crippen LogP) is 0.551. The molecule has 0 spiro atoms. The van der Waals surface area contributed by atoms with Gasteiger partial charge in [0.15, 0.2) is 0 Å². The first-order valence-corrected chi connectivity index (χ1v) is 6.91. The van der Waals surface area contributed by atoms with Gasteiger partial charge in [-0.15, -0.1) is 0 Å². The fourth-order valence-electron chi connectivity index (χ4n) is 1.38. The Morgan fingerprint density at radius 1 is 1.33 bits per heavy atom. The number of aliphatic hydroxyl groups is 1. The molecule has 102 valence electrons. The highest BCUT2D eigenvalue weighted by atomic mass is 32.2. The molecule has 1 rings (SSSR count). The SMILES string of the molecule is CCN(CC(O)COc1ccccc1)S(=O)(=O)O. The van der Waals surface area contributed by atoms with E-state index >= 15 is 0 Å². The van der Waals surface area contributed by atoms with Gasteiger partial charge in [0.2, 0.25) is 0 Å². The lowest BCUT2D eigenvalue weighted by molar-refractivity contribution is 0.0882. The highest BCUT2D eigenvalue weighted by molar-refractivity contribution is 7.83. The highest BCUT2D eigenvalue weighted by Crippen LogP contribution is 2.09. The lowest BCUT2D eigenvalue weighted by Gasteiger charge is -2.20. The van der Waals surface area contributed by atoms with Crippen molar-refractivity contribution in [2.24, 2.45) is 0 Å². The Kier molecular flexibility index (Phi) is 5.54. The normalized spacial score (nSPS) is 13.6. The molecule has 1 aromatic rings. The Labute approximate surface area is 107 Å². The van der Waals surface area contributed by atoms with E-state index in [2.05, 4.69) is 0 Å². The predicted molar refractivity (Wildman–Crippen MR) is 66.7 cm³/mol. The molecule has 1 atom stereocenters. The van der Waals surface area contributed by atoms with Crippen molar-refractivity contribution in [2.45, 2.75) is 13.0 Å². The van der Waals surface area contributed by atoms with E-state index in [-0.39, 0.29) is 19.7 Å². The average Bonchev–Trinajstić information content (AvgIpc) is 2.33. The van der Waals surface area contributed by atoms with Gasteiger partial charge < -0.3 is 9.84 Å². The fourth-order valence-corrected chi connectivity index (χ4v) is 2.07. The van der Waals surface area contributed by atoms with Gasteiger partial charge in [0.25, 0.3) is 0 Å². The van der Waals surface area contributed by atoms with Gasteiger partial charge in [0, 0.05) is 13.1 Å². The van der Waals surface area contributed by atoms with E-state index in [1.165, 1.54) is 0 Å². The molecule has 0 saturated carbocycles. The maximum absolute atomic E-state index is 10.9. The first kappa shape index (κ1) is 14.9. The van der Waals surface area contributed by atoms with Gasteiger partial charge in [-0.25, -0.2) is 0 Å². The van der Waals surface area contributed by atoms with Crippen molar-refractivity contribution in [3.63, 3.8) is 0 Å². The van der Waals surface area contributed by atoms with Crippen molar-refractivity contribution in [3.05, 3.63) is 30.3 Å². The third-order valence-corrected chi connectivity index (χ3v) is 3.34. The molecule has 0 saturated heterocycles. The van der Waals surface area contributed by atoms with Gasteiger partial charge in [-0.1, -0.05) is 25.1 Å². The lowest BCUT2D eigenvalue weighted by Crippen LogP contribution is -2.39. The molecule has 18 heavy (non-hydrogen) atoms. The molecular formula is C11H17NO5S. The topological polar surface area (TPSA) is 87.1 Å². The van der Waals surface area contributed by atoms with Crippen LogP contribution in [0.3, 0.4) is 0 Å². The average molecular weight is 275 g/mol. The third kappa shape index (κ3) is 5.01. The summed E-state index contributed by atoms with van der Waals surface area (Å²) < 4.78 is 36.7. The Hall–Kier alpha value is -1.15. The maximum atomic E-state index is 10.9. The van der Waals surface area contributed by atoms with Crippen molar-refractivity contribution >= 4 is 10.3 Å². The molecular weight excluding hydrogens is 258 g/mol. The molecule has 0 aromatic heterocycles. The van der Waals surface area contributed by atoms with Crippen LogP contribution in [0.2, 0.25) is 0 Å². The quantitative estimate of drug-likeness (QED) is 0.710. The molecule has 0 fully saturated rings. The van der Waals surface area contributed by atoms with Crippen LogP contribution < -0.4 is 4.74 Å². The molecule has 0 radical (unpaired) electrons. The van der Waals surface area contributed by atoms with Gasteiger partial charge in [-0.05, 0) is 12.1 Å². The van der Waals surface area contributed by atoms with E-state index in [1.807, 2.05) is 6.07 Å². The number of aliphatic hydroxyl groups excluding tert-OH is 1. The number of ether oxygens (including phenoxy) is 1. The van der Waals surface area contributed by atoms with Crippen molar-refractivity contribution in [1.82, 2.24) is 4.31 Å². The summed E-state index contributed by atoms with van der Waals surface area (Å²) in [5, 5.41) is 9.63. The van der Waals surface area contributed by atoms with Gasteiger partial charge >= 0.3 is 10.3 Å². The van der Waals surface area contributed by atoms with Crippen molar-refractivity contribution in [3.8, 4) is 5.75 Å². The molecule has 0 bridgehead atoms. The van der Waals surface area contributed by atoms with E-state index in [1.54, 1.807) is 31.2 Å². The highest BCUT2D eigenvalue weighted by Gasteiger charge is 2.20. The van der Waals surface area contributed by atoms with Crippen LogP contribution in [-0.4, -0.2) is 48.2 Å². The largest absolute Gasteiger partial charge is 0.491 e. The van der Waals surface area contributed by atoms with Crippen LogP contribution in [0.15, 0.2) is 30.3 Å². The fraction of sp³-hybridized carbons (Fsp3) is 0.455. The third-order valence-electron chi connectivity index (χ3n) is 2.28. The standard InChI is InChI=1S/C11H17NO5S/c1-2-12(18(14,15)16)8-10(13)9-17-11-6-4-3-5-7-11/h3-7,10,13H,2,8-9H2,1H3,(H,14,15,16). The molecule has 2 N–H and O–H groups in total. The number of likely N-dealkylation sites (N-methyl/N-ethyl adjacent to an activating group) is 1. The summed E-state index contributed by atoms with van der Waals surface area (Å²) in [5.41, 5.74) is 0. The van der Waals surface area contributed by atoms with Crippen LogP contribution in [-0.2, 0) is 10.3 Å². The van der Waals surface area contributed by atoms with E-state index in [0.717, 1.165) is 4.31 Å². The van der Waals surface area contributed by atoms with Crippen molar-refractivity contribution in [1.29, 1.82) is 0 Å². The summed E-state index contributed by atoms with van der Waals surface area (Å²) in [4.78, 5) is 0. The maximum Gasteiger partial charge on any atom is 0.335 e. The molecule has 7 heteroatoms. The van der Waals surface area contributed by atoms with Crippen molar-refractivity contribution < 1.29 is 22.8 Å². The molecule has 0 amide bonds. The Morgan fingerprint density at radius 3 is 2.44 bits per heavy atom. The van der Waals surface area contributed by atoms with Crippen molar-refractivity contribution in [2.75, 3.05) is 19.7 Å². The molecule has 0 aliphatic carbocycles. The summed E-state index contributed by atoms with van der Waals surface area (Å²) in [6.07, 6.45) is -1.01. The smallest absolute Gasteiger partial charge is 0.335 e. The van der Waals surface area contributed by atoms with Crippen LogP contribution in [0, 0.1) is 0 Å². The molecule has 0 heterocycles. The number of para-hydroxylation sites is 1. The molecule has 6 nitrogen and oxygen atoms in total. The molecule has 0 aliphatic rings. The Balaban J connectivity index is 2.44. The second-order valence-corrected chi connectivity index (χ2v) is 5.12. The monoisotopic (exact) mass is 275 g/mol. The number of hydrogen-bond acceptors (Lipinski definition) is 4. The summed E-state index contributed by atoms with van der Waals surface area (Å²) in [7, 11) is -4.28. The molecule has 1 unspecified atom stereocenters. The summed E-state index contributed by atoms with van der Waals surface area (Å²) in [6.45, 7) is 1.40. The van der Waals surface area contributed by atoms with E-state index < -0.39 is 16.4 Å². The Bertz CT molecular complexity index is 448. The lowest BCUT2D eigenvalue weighted by atomic mass is 10.3. The zero-order valence-electron chi connectivity index (χ0n) is 10.1. The Morgan fingerprint density at radius 2 is 1.94 bits per heavy atom. The zero-order chi connectivity index (χ0) is 13.6. The second-order valence-electron chi connectivity index (χ2n) is 3.71. The second kappa shape index (κ2) is 6.69. The van der Waals surface area contributed by atoms with Crippen LogP contribution in [0.4, 0.5) is 0 Å². The number of hydrogen-bond donors (Lipinski definition) is 2. The van der Waals surface area contributed by atoms with E-state index in [0.29, 0.717) is 5.75 Å². The van der Waals surface area contributed by atoms with Gasteiger partial charge in [-0.3, -0.25) is 4.55 Å². The number of nitrogens with zero attached hydrogens (tertiary/aromatic N) is 1. The van der Waals surface area contributed by atoms with E-state index in [4.69, 9.17) is 9.29 Å². The summed E-state index contributed by atoms with van der Waals surface area (Å²) in [5.74, 6) is 0.589. The zero-order valence-corrected chi connectivity index (χ0v) is 10.9. The minimum absolute atomic E-state index is 0.0456. The van der Waals surface area contributed by atoms with Crippen LogP contribution in [0.25, 0.3) is 0 Å². The van der Waals surface area contributed by atoms with Gasteiger partial charge in [-0.2, -0.15) is 12.7 Å². The minimum Gasteiger partial charge on any atom is -0.491 e. The minimum atomic E-state index is -4.28.